The first-order valence-corrected chi connectivity index (χ1v) is 9.60. The lowest BCUT2D eigenvalue weighted by molar-refractivity contribution is -0.140. The molecule has 0 amide bonds. The maximum Gasteiger partial charge on any atom is 0.434 e. The van der Waals surface area contributed by atoms with Crippen LogP contribution in [-0.4, -0.2) is 49.1 Å². The Labute approximate surface area is 187 Å². The minimum atomic E-state index is -4.41. The van der Waals surface area contributed by atoms with Gasteiger partial charge in [-0.1, -0.05) is 17.7 Å². The van der Waals surface area contributed by atoms with Crippen LogP contribution in [0.2, 0.25) is 5.02 Å². The molecule has 154 valence electrons. The van der Waals surface area contributed by atoms with Gasteiger partial charge in [-0.2, -0.15) is 13.2 Å². The molecule has 0 atom stereocenters. The molecule has 0 bridgehead atoms. The van der Waals surface area contributed by atoms with Crippen LogP contribution in [-0.2, 0) is 12.7 Å². The molecule has 1 fully saturated rings. The van der Waals surface area contributed by atoms with Crippen LogP contribution in [0.15, 0.2) is 34.6 Å². The Morgan fingerprint density at radius 1 is 1.29 bits per heavy atom. The van der Waals surface area contributed by atoms with Crippen LogP contribution < -0.4 is 10.2 Å². The number of nitrogens with one attached hydrogen (secondary N) is 1. The largest absolute Gasteiger partial charge is 0.434 e. The van der Waals surface area contributed by atoms with E-state index in [1.54, 1.807) is 7.05 Å². The van der Waals surface area contributed by atoms with E-state index in [0.29, 0.717) is 16.0 Å². The number of aromatic nitrogens is 1. The van der Waals surface area contributed by atoms with Gasteiger partial charge in [0.1, 0.15) is 5.01 Å². The van der Waals surface area contributed by atoms with Crippen molar-refractivity contribution in [1.82, 2.24) is 15.2 Å². The number of nitrogens with zero attached hydrogens (tertiary/aromatic N) is 4. The maximum atomic E-state index is 12.6. The molecule has 5 nitrogen and oxygen atoms in total. The Hall–Kier alpha value is -1.27. The predicted molar refractivity (Wildman–Crippen MR) is 118 cm³/mol. The van der Waals surface area contributed by atoms with Crippen LogP contribution >= 0.6 is 46.9 Å². The van der Waals surface area contributed by atoms with Gasteiger partial charge in [0.05, 0.1) is 6.54 Å². The quantitative estimate of drug-likeness (QED) is 0.354. The number of piperazine rings is 1. The first kappa shape index (κ1) is 23.0. The number of aliphatic imine (C=N–C) groups is 1. The summed E-state index contributed by atoms with van der Waals surface area (Å²) in [5.41, 5.74) is 0.224. The SMILES string of the molecule is CN=C(NCc1nc(C(F)(F)F)cs1)N1CCN(c2cccc(Cl)c2)CC1.I. The lowest BCUT2D eigenvalue weighted by Crippen LogP contribution is -2.52. The summed E-state index contributed by atoms with van der Waals surface area (Å²) >= 11 is 7.04. The Kier molecular flexibility index (Phi) is 8.19. The number of hydrogen-bond acceptors (Lipinski definition) is 4. The lowest BCUT2D eigenvalue weighted by Gasteiger charge is -2.37. The molecule has 1 aliphatic rings. The zero-order valence-electron chi connectivity index (χ0n) is 15.0. The number of hydrogen-bond donors (Lipinski definition) is 1. The standard InChI is InChI=1S/C17H19ClF3N5S.HI/c1-22-16(23-10-15-24-14(11-27-15)17(19,20)21)26-7-5-25(6-8-26)13-4-2-3-12(18)9-13;/h2-4,9,11H,5-8,10H2,1H3,(H,22,23);1H. The van der Waals surface area contributed by atoms with Crippen molar-refractivity contribution >= 4 is 58.6 Å². The van der Waals surface area contributed by atoms with Gasteiger partial charge >= 0.3 is 6.18 Å². The smallest absolute Gasteiger partial charge is 0.368 e. The van der Waals surface area contributed by atoms with Gasteiger partial charge in [-0.05, 0) is 18.2 Å². The number of halogens is 5. The molecule has 0 spiro atoms. The van der Waals surface area contributed by atoms with Crippen molar-refractivity contribution in [2.24, 2.45) is 4.99 Å². The van der Waals surface area contributed by atoms with E-state index in [9.17, 15) is 13.2 Å². The van der Waals surface area contributed by atoms with Crippen LogP contribution in [0.25, 0.3) is 0 Å². The first-order valence-electron chi connectivity index (χ1n) is 8.34. The van der Waals surface area contributed by atoms with E-state index in [4.69, 9.17) is 11.6 Å². The Balaban J connectivity index is 0.00000280. The van der Waals surface area contributed by atoms with Crippen LogP contribution in [0.5, 0.6) is 0 Å². The van der Waals surface area contributed by atoms with Gasteiger partial charge in [0.15, 0.2) is 11.7 Å². The fraction of sp³-hybridized carbons (Fsp3) is 0.412. The highest BCUT2D eigenvalue weighted by Gasteiger charge is 2.33. The van der Waals surface area contributed by atoms with E-state index in [-0.39, 0.29) is 30.5 Å². The molecule has 1 saturated heterocycles. The number of thiazole rings is 1. The second kappa shape index (κ2) is 9.97. The fourth-order valence-electron chi connectivity index (χ4n) is 2.86. The highest BCUT2D eigenvalue weighted by Crippen LogP contribution is 2.30. The molecular weight excluding hydrogens is 526 g/mol. The van der Waals surface area contributed by atoms with Crippen molar-refractivity contribution in [2.45, 2.75) is 12.7 Å². The minimum Gasteiger partial charge on any atom is -0.368 e. The van der Waals surface area contributed by atoms with E-state index < -0.39 is 11.9 Å². The van der Waals surface area contributed by atoms with Gasteiger partial charge in [0.25, 0.3) is 0 Å². The zero-order valence-corrected chi connectivity index (χ0v) is 18.9. The molecule has 1 aromatic heterocycles. The third-order valence-corrected chi connectivity index (χ3v) is 5.29. The van der Waals surface area contributed by atoms with Gasteiger partial charge in [-0.25, -0.2) is 4.98 Å². The third kappa shape index (κ3) is 5.86. The molecule has 28 heavy (non-hydrogen) atoms. The fourth-order valence-corrected chi connectivity index (χ4v) is 3.78. The second-order valence-corrected chi connectivity index (χ2v) is 7.36. The van der Waals surface area contributed by atoms with E-state index >= 15 is 0 Å². The molecule has 0 radical (unpaired) electrons. The van der Waals surface area contributed by atoms with E-state index in [0.717, 1.165) is 48.6 Å². The summed E-state index contributed by atoms with van der Waals surface area (Å²) in [5, 5.41) is 5.21. The van der Waals surface area contributed by atoms with E-state index in [2.05, 4.69) is 25.1 Å². The molecule has 11 heteroatoms. The van der Waals surface area contributed by atoms with Crippen molar-refractivity contribution in [3.63, 3.8) is 0 Å². The van der Waals surface area contributed by atoms with Crippen molar-refractivity contribution in [3.05, 3.63) is 45.4 Å². The Morgan fingerprint density at radius 2 is 2.00 bits per heavy atom. The molecule has 0 aliphatic carbocycles. The zero-order chi connectivity index (χ0) is 19.4. The van der Waals surface area contributed by atoms with Crippen LogP contribution in [0.3, 0.4) is 0 Å². The highest BCUT2D eigenvalue weighted by molar-refractivity contribution is 14.0. The van der Waals surface area contributed by atoms with Gasteiger partial charge in [-0.15, -0.1) is 35.3 Å². The summed E-state index contributed by atoms with van der Waals surface area (Å²) in [6.45, 7) is 3.31. The van der Waals surface area contributed by atoms with Crippen LogP contribution in [0.1, 0.15) is 10.7 Å². The summed E-state index contributed by atoms with van der Waals surface area (Å²) in [6, 6.07) is 7.73. The molecule has 2 heterocycles. The van der Waals surface area contributed by atoms with Gasteiger partial charge in [0.2, 0.25) is 0 Å². The monoisotopic (exact) mass is 545 g/mol. The van der Waals surface area contributed by atoms with Gasteiger partial charge in [-0.3, -0.25) is 4.99 Å². The molecule has 1 aromatic carbocycles. The normalized spacial score (nSPS) is 15.4. The molecule has 1 aliphatic heterocycles. The third-order valence-electron chi connectivity index (χ3n) is 4.20. The summed E-state index contributed by atoms with van der Waals surface area (Å²) in [5.74, 6) is 0.657. The molecule has 1 N–H and O–H groups in total. The molecule has 2 aromatic rings. The number of rotatable bonds is 3. The molecule has 0 saturated carbocycles. The van der Waals surface area contributed by atoms with E-state index in [1.807, 2.05) is 24.3 Å². The molecule has 3 rings (SSSR count). The summed E-state index contributed by atoms with van der Waals surface area (Å²) in [4.78, 5) is 12.2. The number of anilines is 1. The molecular formula is C17H20ClF3IN5S. The van der Waals surface area contributed by atoms with Crippen LogP contribution in [0.4, 0.5) is 18.9 Å². The van der Waals surface area contributed by atoms with Crippen molar-refractivity contribution < 1.29 is 13.2 Å². The predicted octanol–water partition coefficient (Wildman–Crippen LogP) is 4.33. The number of alkyl halides is 3. The maximum absolute atomic E-state index is 12.6. The second-order valence-electron chi connectivity index (χ2n) is 5.98. The summed E-state index contributed by atoms with van der Waals surface area (Å²) < 4.78 is 37.9. The minimum absolute atomic E-state index is 0. The van der Waals surface area contributed by atoms with Gasteiger partial charge < -0.3 is 15.1 Å². The van der Waals surface area contributed by atoms with Crippen molar-refractivity contribution in [3.8, 4) is 0 Å². The summed E-state index contributed by atoms with van der Waals surface area (Å²) in [6.07, 6.45) is -4.41. The molecule has 0 unspecified atom stereocenters. The Morgan fingerprint density at radius 3 is 2.57 bits per heavy atom. The Bertz CT molecular complexity index is 806. The van der Waals surface area contributed by atoms with Crippen molar-refractivity contribution in [2.75, 3.05) is 38.1 Å². The number of benzene rings is 1. The topological polar surface area (TPSA) is 43.8 Å². The van der Waals surface area contributed by atoms with Crippen molar-refractivity contribution in [1.29, 1.82) is 0 Å². The van der Waals surface area contributed by atoms with Gasteiger partial charge in [0, 0.05) is 49.3 Å². The highest BCUT2D eigenvalue weighted by atomic mass is 127. The first-order chi connectivity index (χ1) is 12.9. The summed E-state index contributed by atoms with van der Waals surface area (Å²) in [7, 11) is 1.66. The average molecular weight is 546 g/mol. The van der Waals surface area contributed by atoms with E-state index in [1.165, 1.54) is 0 Å². The number of guanidine groups is 1. The lowest BCUT2D eigenvalue weighted by atomic mass is 10.2. The van der Waals surface area contributed by atoms with Crippen LogP contribution in [0, 0.1) is 0 Å². The average Bonchev–Trinajstić information content (AvgIpc) is 3.12.